The number of rotatable bonds is 5. The number of nitrogens with one attached hydrogen (secondary N) is 1. The largest absolute Gasteiger partial charge is 0.486 e. The molecular formula is C19H21N3O4. The van der Waals surface area contributed by atoms with E-state index in [2.05, 4.69) is 5.32 Å². The van der Waals surface area contributed by atoms with Gasteiger partial charge < -0.3 is 25.4 Å². The number of anilines is 1. The molecule has 0 aliphatic carbocycles. The standard InChI is InChI=1S/C19H21N3O4/c1-2-22(12-13-3-8-16-17(11-13)26-10-9-25-16)18(23)14-4-6-15(7-5-14)21-19(20)24/h3-8,11H,2,9-10,12H2,1H3,(H3,20,21,24). The zero-order valence-corrected chi connectivity index (χ0v) is 14.5. The summed E-state index contributed by atoms with van der Waals surface area (Å²) in [5.74, 6) is 1.35. The summed E-state index contributed by atoms with van der Waals surface area (Å²) in [6, 6.07) is 11.7. The lowest BCUT2D eigenvalue weighted by atomic mass is 10.1. The van der Waals surface area contributed by atoms with Gasteiger partial charge in [0.25, 0.3) is 5.91 Å². The number of ether oxygens (including phenoxy) is 2. The molecule has 0 saturated carbocycles. The molecule has 0 unspecified atom stereocenters. The molecule has 2 aromatic carbocycles. The maximum absolute atomic E-state index is 12.8. The van der Waals surface area contributed by atoms with Crippen molar-refractivity contribution in [3.8, 4) is 11.5 Å². The van der Waals surface area contributed by atoms with E-state index in [9.17, 15) is 9.59 Å². The molecule has 7 nitrogen and oxygen atoms in total. The van der Waals surface area contributed by atoms with E-state index in [1.54, 1.807) is 29.2 Å². The van der Waals surface area contributed by atoms with Crippen LogP contribution in [-0.4, -0.2) is 36.6 Å². The lowest BCUT2D eigenvalue weighted by molar-refractivity contribution is 0.0752. The minimum Gasteiger partial charge on any atom is -0.486 e. The minimum atomic E-state index is -0.641. The maximum Gasteiger partial charge on any atom is 0.316 e. The predicted octanol–water partition coefficient (Wildman–Crippen LogP) is 2.61. The molecule has 1 aliphatic heterocycles. The monoisotopic (exact) mass is 355 g/mol. The average Bonchev–Trinajstić information content (AvgIpc) is 2.65. The quantitative estimate of drug-likeness (QED) is 0.862. The maximum atomic E-state index is 12.8. The Balaban J connectivity index is 1.71. The first-order valence-corrected chi connectivity index (χ1v) is 8.41. The van der Waals surface area contributed by atoms with Gasteiger partial charge in [0.15, 0.2) is 11.5 Å². The van der Waals surface area contributed by atoms with E-state index in [0.717, 1.165) is 11.3 Å². The molecular weight excluding hydrogens is 334 g/mol. The number of fused-ring (bicyclic) bond motifs is 1. The van der Waals surface area contributed by atoms with Gasteiger partial charge in [-0.15, -0.1) is 0 Å². The van der Waals surface area contributed by atoms with Crippen LogP contribution in [0.4, 0.5) is 10.5 Å². The van der Waals surface area contributed by atoms with Crippen molar-refractivity contribution in [2.24, 2.45) is 5.73 Å². The van der Waals surface area contributed by atoms with E-state index in [1.807, 2.05) is 25.1 Å². The van der Waals surface area contributed by atoms with Gasteiger partial charge >= 0.3 is 6.03 Å². The first-order valence-electron chi connectivity index (χ1n) is 8.41. The van der Waals surface area contributed by atoms with Crippen LogP contribution >= 0.6 is 0 Å². The Morgan fingerprint density at radius 1 is 1.08 bits per heavy atom. The topological polar surface area (TPSA) is 93.9 Å². The molecule has 3 rings (SSSR count). The molecule has 3 amide bonds. The molecule has 0 saturated heterocycles. The Morgan fingerprint density at radius 2 is 1.77 bits per heavy atom. The average molecular weight is 355 g/mol. The number of amides is 3. The van der Waals surface area contributed by atoms with Crippen molar-refractivity contribution < 1.29 is 19.1 Å². The number of primary amides is 1. The SMILES string of the molecule is CCN(Cc1ccc2c(c1)OCCO2)C(=O)c1ccc(NC(N)=O)cc1. The van der Waals surface area contributed by atoms with Crippen molar-refractivity contribution in [1.29, 1.82) is 0 Å². The Morgan fingerprint density at radius 3 is 2.42 bits per heavy atom. The first-order chi connectivity index (χ1) is 12.6. The van der Waals surface area contributed by atoms with Crippen LogP contribution in [0.5, 0.6) is 11.5 Å². The van der Waals surface area contributed by atoms with Gasteiger partial charge in [-0.2, -0.15) is 0 Å². The molecule has 3 N–H and O–H groups in total. The summed E-state index contributed by atoms with van der Waals surface area (Å²) in [6.45, 7) is 4.03. The number of nitrogens with two attached hydrogens (primary N) is 1. The fourth-order valence-corrected chi connectivity index (χ4v) is 2.75. The van der Waals surface area contributed by atoms with Crippen LogP contribution in [0.15, 0.2) is 42.5 Å². The van der Waals surface area contributed by atoms with Crippen LogP contribution in [0.2, 0.25) is 0 Å². The number of benzene rings is 2. The van der Waals surface area contributed by atoms with Gasteiger partial charge in [0, 0.05) is 24.3 Å². The molecule has 26 heavy (non-hydrogen) atoms. The van der Waals surface area contributed by atoms with Gasteiger partial charge in [-0.3, -0.25) is 4.79 Å². The Labute approximate surface area is 151 Å². The lowest BCUT2D eigenvalue weighted by Crippen LogP contribution is -2.30. The lowest BCUT2D eigenvalue weighted by Gasteiger charge is -2.23. The van der Waals surface area contributed by atoms with Crippen molar-refractivity contribution in [3.05, 3.63) is 53.6 Å². The highest BCUT2D eigenvalue weighted by Gasteiger charge is 2.17. The molecule has 1 aliphatic rings. The second-order valence-electron chi connectivity index (χ2n) is 5.86. The molecule has 0 fully saturated rings. The van der Waals surface area contributed by atoms with Gasteiger partial charge in [0.1, 0.15) is 13.2 Å². The third-order valence-electron chi connectivity index (χ3n) is 4.05. The smallest absolute Gasteiger partial charge is 0.316 e. The number of urea groups is 1. The fraction of sp³-hybridized carbons (Fsp3) is 0.263. The summed E-state index contributed by atoms with van der Waals surface area (Å²) in [6.07, 6.45) is 0. The molecule has 0 spiro atoms. The summed E-state index contributed by atoms with van der Waals surface area (Å²) in [4.78, 5) is 25.4. The minimum absolute atomic E-state index is 0.0898. The summed E-state index contributed by atoms with van der Waals surface area (Å²) >= 11 is 0. The third-order valence-corrected chi connectivity index (χ3v) is 4.05. The molecule has 0 aromatic heterocycles. The number of nitrogens with zero attached hydrogens (tertiary/aromatic N) is 1. The van der Waals surface area contributed by atoms with Crippen LogP contribution in [0.3, 0.4) is 0 Å². The summed E-state index contributed by atoms with van der Waals surface area (Å²) in [5.41, 5.74) is 7.14. The zero-order chi connectivity index (χ0) is 18.5. The summed E-state index contributed by atoms with van der Waals surface area (Å²) in [7, 11) is 0. The van der Waals surface area contributed by atoms with Gasteiger partial charge in [0.05, 0.1) is 0 Å². The fourth-order valence-electron chi connectivity index (χ4n) is 2.75. The normalized spacial score (nSPS) is 12.3. The highest BCUT2D eigenvalue weighted by atomic mass is 16.6. The summed E-state index contributed by atoms with van der Waals surface area (Å²) in [5, 5.41) is 2.47. The molecule has 0 radical (unpaired) electrons. The molecule has 2 aromatic rings. The number of carbonyl (C=O) groups is 2. The second kappa shape index (κ2) is 7.77. The zero-order valence-electron chi connectivity index (χ0n) is 14.5. The second-order valence-corrected chi connectivity index (χ2v) is 5.86. The van der Waals surface area contributed by atoms with Crippen LogP contribution < -0.4 is 20.5 Å². The van der Waals surface area contributed by atoms with E-state index in [-0.39, 0.29) is 5.91 Å². The molecule has 1 heterocycles. The van der Waals surface area contributed by atoms with Gasteiger partial charge in [-0.25, -0.2) is 4.79 Å². The highest BCUT2D eigenvalue weighted by molar-refractivity contribution is 5.95. The van der Waals surface area contributed by atoms with Crippen molar-refractivity contribution in [2.45, 2.75) is 13.5 Å². The van der Waals surface area contributed by atoms with Crippen LogP contribution in [0.25, 0.3) is 0 Å². The highest BCUT2D eigenvalue weighted by Crippen LogP contribution is 2.31. The van der Waals surface area contributed by atoms with Crippen LogP contribution in [-0.2, 0) is 6.54 Å². The number of carbonyl (C=O) groups excluding carboxylic acids is 2. The van der Waals surface area contributed by atoms with Crippen LogP contribution in [0, 0.1) is 0 Å². The van der Waals surface area contributed by atoms with Crippen molar-refractivity contribution >= 4 is 17.6 Å². The van der Waals surface area contributed by atoms with Gasteiger partial charge in [-0.05, 0) is 48.9 Å². The van der Waals surface area contributed by atoms with E-state index < -0.39 is 6.03 Å². The first kappa shape index (κ1) is 17.6. The number of hydrogen-bond acceptors (Lipinski definition) is 4. The Hall–Kier alpha value is -3.22. The molecule has 0 bridgehead atoms. The van der Waals surface area contributed by atoms with E-state index in [1.165, 1.54) is 0 Å². The van der Waals surface area contributed by atoms with Crippen molar-refractivity contribution in [1.82, 2.24) is 4.90 Å². The predicted molar refractivity (Wildman–Crippen MR) is 97.5 cm³/mol. The van der Waals surface area contributed by atoms with E-state index in [4.69, 9.17) is 15.2 Å². The summed E-state index contributed by atoms with van der Waals surface area (Å²) < 4.78 is 11.1. The van der Waals surface area contributed by atoms with Crippen LogP contribution in [0.1, 0.15) is 22.8 Å². The molecule has 0 atom stereocenters. The van der Waals surface area contributed by atoms with Gasteiger partial charge in [0.2, 0.25) is 0 Å². The van der Waals surface area contributed by atoms with Crippen molar-refractivity contribution in [3.63, 3.8) is 0 Å². The Kier molecular flexibility index (Phi) is 5.26. The third kappa shape index (κ3) is 4.05. The number of hydrogen-bond donors (Lipinski definition) is 2. The van der Waals surface area contributed by atoms with Crippen molar-refractivity contribution in [2.75, 3.05) is 25.1 Å². The Bertz CT molecular complexity index is 805. The molecule has 136 valence electrons. The van der Waals surface area contributed by atoms with Gasteiger partial charge in [-0.1, -0.05) is 6.07 Å². The molecule has 7 heteroatoms. The van der Waals surface area contributed by atoms with E-state index in [0.29, 0.717) is 43.3 Å². The van der Waals surface area contributed by atoms with E-state index >= 15 is 0 Å².